The topological polar surface area (TPSA) is 106 Å². The molecule has 0 saturated heterocycles. The van der Waals surface area contributed by atoms with Gasteiger partial charge in [-0.2, -0.15) is 5.23 Å². The van der Waals surface area contributed by atoms with Crippen LogP contribution in [0.2, 0.25) is 0 Å². The Kier molecular flexibility index (Phi) is 5.94. The first kappa shape index (κ1) is 17.2. The van der Waals surface area contributed by atoms with Crippen LogP contribution < -0.4 is 10.5 Å². The second-order valence-corrected chi connectivity index (χ2v) is 5.34. The molecule has 0 aliphatic carbocycles. The van der Waals surface area contributed by atoms with Crippen LogP contribution >= 0.6 is 12.2 Å². The number of amides is 1. The highest BCUT2D eigenvalue weighted by atomic mass is 32.1. The second-order valence-electron chi connectivity index (χ2n) is 4.96. The van der Waals surface area contributed by atoms with Crippen molar-refractivity contribution in [2.45, 2.75) is 26.2 Å². The number of hydrogen-bond donors (Lipinski definition) is 4. The number of aryl methyl sites for hydroxylation is 2. The third kappa shape index (κ3) is 4.93. The maximum atomic E-state index is 12.0. The average Bonchev–Trinajstić information content (AvgIpc) is 2.52. The summed E-state index contributed by atoms with van der Waals surface area (Å²) >= 11 is 5.05. The Labute approximate surface area is 138 Å². The van der Waals surface area contributed by atoms with Gasteiger partial charge >= 0.3 is 0 Å². The standard InChI is InChI=1S/C15H18N4O3S/c1-2-10-9-11(17-15(23)16-10)7-8-14(20)18-12-5-3-4-6-13(12)19(21)22/h3-6,9,19,21H,2,7-8H2,1H3,(H,18,20)(H,16,17,23). The summed E-state index contributed by atoms with van der Waals surface area (Å²) in [6, 6.07) is 8.19. The third-order valence-electron chi connectivity index (χ3n) is 3.27. The molecular formula is C15H18N4O3S. The lowest BCUT2D eigenvalue weighted by Gasteiger charge is -2.15. The molecule has 0 fully saturated rings. The molecule has 0 aliphatic heterocycles. The van der Waals surface area contributed by atoms with Crippen LogP contribution in [-0.4, -0.2) is 21.1 Å². The largest absolute Gasteiger partial charge is 0.595 e. The number of nitrogens with one attached hydrogen (secondary N) is 3. The molecule has 0 aliphatic rings. The first-order valence-corrected chi connectivity index (χ1v) is 7.61. The number of carbonyl (C=O) groups excluding carboxylic acids is 1. The predicted octanol–water partition coefficient (Wildman–Crippen LogP) is 1.68. The first-order chi connectivity index (χ1) is 11.0. The number of aromatic nitrogens is 2. The van der Waals surface area contributed by atoms with E-state index in [1.54, 1.807) is 18.2 Å². The Morgan fingerprint density at radius 3 is 2.91 bits per heavy atom. The molecule has 1 amide bonds. The van der Waals surface area contributed by atoms with Crippen LogP contribution in [0.4, 0.5) is 11.4 Å². The van der Waals surface area contributed by atoms with E-state index < -0.39 is 5.23 Å². The lowest BCUT2D eigenvalue weighted by Crippen LogP contribution is -2.99. The van der Waals surface area contributed by atoms with Gasteiger partial charge in [0.05, 0.1) is 0 Å². The van der Waals surface area contributed by atoms with E-state index in [0.717, 1.165) is 17.8 Å². The molecule has 2 aromatic rings. The van der Waals surface area contributed by atoms with Crippen LogP contribution in [0.25, 0.3) is 0 Å². The quantitative estimate of drug-likeness (QED) is 0.475. The summed E-state index contributed by atoms with van der Waals surface area (Å²) in [7, 11) is 0. The molecule has 0 radical (unpaired) electrons. The molecule has 1 aromatic heterocycles. The van der Waals surface area contributed by atoms with Gasteiger partial charge in [-0.3, -0.25) is 4.79 Å². The van der Waals surface area contributed by atoms with Crippen LogP contribution in [0.3, 0.4) is 0 Å². The van der Waals surface area contributed by atoms with Crippen molar-refractivity contribution in [3.05, 3.63) is 51.7 Å². The van der Waals surface area contributed by atoms with Crippen LogP contribution in [0.1, 0.15) is 24.7 Å². The van der Waals surface area contributed by atoms with Crippen LogP contribution in [-0.2, 0) is 17.6 Å². The van der Waals surface area contributed by atoms with E-state index in [1.165, 1.54) is 6.07 Å². The summed E-state index contributed by atoms with van der Waals surface area (Å²) in [5.41, 5.74) is 2.07. The monoisotopic (exact) mass is 334 g/mol. The Hall–Kier alpha value is -2.13. The van der Waals surface area contributed by atoms with Crippen molar-refractivity contribution in [2.75, 3.05) is 5.32 Å². The molecule has 23 heavy (non-hydrogen) atoms. The first-order valence-electron chi connectivity index (χ1n) is 7.21. The normalized spacial score (nSPS) is 12.0. The van der Waals surface area contributed by atoms with E-state index >= 15 is 0 Å². The van der Waals surface area contributed by atoms with E-state index in [4.69, 9.17) is 17.4 Å². The van der Waals surface area contributed by atoms with Gasteiger partial charge in [-0.05, 0) is 37.2 Å². The molecule has 7 nitrogen and oxygen atoms in total. The number of nitrogens with zero attached hydrogens (tertiary/aromatic N) is 1. The van der Waals surface area contributed by atoms with E-state index in [-0.39, 0.29) is 18.0 Å². The van der Waals surface area contributed by atoms with Gasteiger partial charge in [0.1, 0.15) is 5.69 Å². The molecule has 1 atom stereocenters. The summed E-state index contributed by atoms with van der Waals surface area (Å²) in [6.45, 7) is 1.98. The number of hydrogen-bond acceptors (Lipinski definition) is 5. The zero-order valence-electron chi connectivity index (χ0n) is 12.6. The maximum Gasteiger partial charge on any atom is 0.224 e. The van der Waals surface area contributed by atoms with Crippen molar-refractivity contribution in [1.82, 2.24) is 9.97 Å². The van der Waals surface area contributed by atoms with Gasteiger partial charge in [0.15, 0.2) is 10.5 Å². The summed E-state index contributed by atoms with van der Waals surface area (Å²) in [4.78, 5) is 19.2. The van der Waals surface area contributed by atoms with Gasteiger partial charge in [-0.1, -0.05) is 19.1 Å². The van der Waals surface area contributed by atoms with Gasteiger partial charge in [-0.15, -0.1) is 0 Å². The minimum atomic E-state index is -1.08. The fraction of sp³-hybridized carbons (Fsp3) is 0.267. The smallest absolute Gasteiger partial charge is 0.224 e. The number of para-hydroxylation sites is 2. The Bertz CT molecular complexity index is 745. The molecule has 1 heterocycles. The van der Waals surface area contributed by atoms with Crippen molar-refractivity contribution in [3.63, 3.8) is 0 Å². The second kappa shape index (κ2) is 7.93. The van der Waals surface area contributed by atoms with Crippen molar-refractivity contribution >= 4 is 29.5 Å². The molecule has 1 aromatic carbocycles. The number of aromatic amines is 1. The fourth-order valence-corrected chi connectivity index (χ4v) is 2.37. The molecule has 0 spiro atoms. The fourth-order valence-electron chi connectivity index (χ4n) is 2.12. The molecule has 0 bridgehead atoms. The summed E-state index contributed by atoms with van der Waals surface area (Å²) in [5, 5.41) is 21.8. The zero-order valence-corrected chi connectivity index (χ0v) is 13.4. The van der Waals surface area contributed by atoms with Gasteiger partial charge in [0.25, 0.3) is 0 Å². The van der Waals surface area contributed by atoms with Crippen LogP contribution in [0, 0.1) is 9.98 Å². The van der Waals surface area contributed by atoms with Crippen molar-refractivity contribution in [3.8, 4) is 0 Å². The molecule has 122 valence electrons. The van der Waals surface area contributed by atoms with Gasteiger partial charge in [-0.25, -0.2) is 10.2 Å². The number of anilines is 1. The molecule has 1 unspecified atom stereocenters. The van der Waals surface area contributed by atoms with Crippen LogP contribution in [0.15, 0.2) is 30.3 Å². The van der Waals surface area contributed by atoms with Crippen molar-refractivity contribution < 1.29 is 15.2 Å². The van der Waals surface area contributed by atoms with Crippen LogP contribution in [0.5, 0.6) is 0 Å². The third-order valence-corrected chi connectivity index (χ3v) is 3.46. The minimum absolute atomic E-state index is 0.0671. The number of quaternary nitrogens is 1. The summed E-state index contributed by atoms with van der Waals surface area (Å²) in [6.07, 6.45) is 1.45. The summed E-state index contributed by atoms with van der Waals surface area (Å²) < 4.78 is 0.399. The van der Waals surface area contributed by atoms with E-state index in [1.807, 2.05) is 13.0 Å². The molecule has 4 N–H and O–H groups in total. The Balaban J connectivity index is 2.01. The molecule has 0 saturated carbocycles. The molecular weight excluding hydrogens is 316 g/mol. The number of carbonyl (C=O) groups is 1. The van der Waals surface area contributed by atoms with Crippen molar-refractivity contribution in [1.29, 1.82) is 0 Å². The van der Waals surface area contributed by atoms with E-state index in [0.29, 0.717) is 16.9 Å². The molecule has 8 heteroatoms. The lowest BCUT2D eigenvalue weighted by atomic mass is 10.2. The maximum absolute atomic E-state index is 12.0. The SMILES string of the molecule is CCc1cc(CCC(=O)Nc2ccccc2[NH+]([O-])O)[nH]c(=S)n1. The molecule has 2 rings (SSSR count). The highest BCUT2D eigenvalue weighted by Crippen LogP contribution is 2.17. The predicted molar refractivity (Wildman–Crippen MR) is 88.0 cm³/mol. The van der Waals surface area contributed by atoms with Gasteiger partial charge in [0, 0.05) is 23.9 Å². The Morgan fingerprint density at radius 1 is 1.48 bits per heavy atom. The van der Waals surface area contributed by atoms with Crippen molar-refractivity contribution in [2.24, 2.45) is 0 Å². The Morgan fingerprint density at radius 2 is 2.22 bits per heavy atom. The van der Waals surface area contributed by atoms with Gasteiger partial charge in [0.2, 0.25) is 5.91 Å². The van der Waals surface area contributed by atoms with Gasteiger partial charge < -0.3 is 15.5 Å². The highest BCUT2D eigenvalue weighted by molar-refractivity contribution is 7.71. The zero-order chi connectivity index (χ0) is 16.8. The average molecular weight is 334 g/mol. The lowest BCUT2D eigenvalue weighted by molar-refractivity contribution is -0.990. The highest BCUT2D eigenvalue weighted by Gasteiger charge is 2.11. The number of H-pyrrole nitrogens is 1. The number of rotatable bonds is 6. The van der Waals surface area contributed by atoms with E-state index in [9.17, 15) is 10.0 Å². The minimum Gasteiger partial charge on any atom is -0.595 e. The van der Waals surface area contributed by atoms with E-state index in [2.05, 4.69) is 15.3 Å². The number of benzene rings is 1. The summed E-state index contributed by atoms with van der Waals surface area (Å²) in [5.74, 6) is -0.257.